The number of rotatable bonds is 5. The summed E-state index contributed by atoms with van der Waals surface area (Å²) in [6.07, 6.45) is 2.27. The Morgan fingerprint density at radius 1 is 1.12 bits per heavy atom. The smallest absolute Gasteiger partial charge is 0.223 e. The molecule has 0 aliphatic carbocycles. The maximum absolute atomic E-state index is 12.8. The predicted molar refractivity (Wildman–Crippen MR) is 101 cm³/mol. The number of aromatic nitrogens is 2. The number of para-hydroxylation sites is 2. The third-order valence-electron chi connectivity index (χ3n) is 4.93. The van der Waals surface area contributed by atoms with Crippen molar-refractivity contribution in [1.82, 2.24) is 15.3 Å². The molecule has 0 bridgehead atoms. The second-order valence-corrected chi connectivity index (χ2v) is 6.78. The Bertz CT molecular complexity index is 836. The molecule has 0 unspecified atom stereocenters. The molecular formula is C21H23N3O2. The van der Waals surface area contributed by atoms with Crippen LogP contribution in [-0.4, -0.2) is 29.1 Å². The van der Waals surface area contributed by atoms with Crippen LogP contribution >= 0.6 is 0 Å². The van der Waals surface area contributed by atoms with Gasteiger partial charge in [0.05, 0.1) is 17.1 Å². The minimum atomic E-state index is -0.180. The van der Waals surface area contributed by atoms with E-state index >= 15 is 0 Å². The molecule has 1 fully saturated rings. The van der Waals surface area contributed by atoms with Gasteiger partial charge in [0.15, 0.2) is 0 Å². The van der Waals surface area contributed by atoms with Gasteiger partial charge < -0.3 is 15.0 Å². The number of hydrogen-bond acceptors (Lipinski definition) is 3. The first-order chi connectivity index (χ1) is 12.8. The SMILES string of the molecule is O=C(N[C@@H](Cc1ccccc1)c1nc2ccccc2[nH]1)C1CCOCC1. The maximum atomic E-state index is 12.8. The lowest BCUT2D eigenvalue weighted by atomic mass is 9.98. The zero-order valence-electron chi connectivity index (χ0n) is 14.7. The monoisotopic (exact) mass is 349 g/mol. The molecule has 0 spiro atoms. The molecule has 1 atom stereocenters. The topological polar surface area (TPSA) is 67.0 Å². The Morgan fingerprint density at radius 2 is 1.85 bits per heavy atom. The fourth-order valence-electron chi connectivity index (χ4n) is 3.45. The highest BCUT2D eigenvalue weighted by Crippen LogP contribution is 2.22. The van der Waals surface area contributed by atoms with E-state index < -0.39 is 0 Å². The summed E-state index contributed by atoms with van der Waals surface area (Å²) in [5.41, 5.74) is 3.08. The predicted octanol–water partition coefficient (Wildman–Crippen LogP) is 3.39. The number of benzene rings is 2. The standard InChI is InChI=1S/C21H23N3O2/c25-21(16-10-12-26-13-11-16)24-19(14-15-6-2-1-3-7-15)20-22-17-8-4-5-9-18(17)23-20/h1-9,16,19H,10-14H2,(H,22,23)(H,24,25)/t19-/m0/s1. The van der Waals surface area contributed by atoms with Crippen molar-refractivity contribution >= 4 is 16.9 Å². The highest BCUT2D eigenvalue weighted by molar-refractivity contribution is 5.79. The van der Waals surface area contributed by atoms with E-state index in [1.807, 2.05) is 42.5 Å². The lowest BCUT2D eigenvalue weighted by molar-refractivity contribution is -0.128. The zero-order valence-corrected chi connectivity index (χ0v) is 14.7. The first-order valence-corrected chi connectivity index (χ1v) is 9.16. The molecule has 2 aromatic carbocycles. The summed E-state index contributed by atoms with van der Waals surface area (Å²) < 4.78 is 5.38. The Kier molecular flexibility index (Phi) is 4.97. The first-order valence-electron chi connectivity index (χ1n) is 9.16. The van der Waals surface area contributed by atoms with Crippen LogP contribution in [0.1, 0.15) is 30.3 Å². The van der Waals surface area contributed by atoms with Crippen molar-refractivity contribution in [3.63, 3.8) is 0 Å². The van der Waals surface area contributed by atoms with E-state index in [0.717, 1.165) is 29.7 Å². The number of hydrogen-bond donors (Lipinski definition) is 2. The minimum Gasteiger partial charge on any atom is -0.381 e. The Morgan fingerprint density at radius 3 is 2.62 bits per heavy atom. The van der Waals surface area contributed by atoms with Gasteiger partial charge >= 0.3 is 0 Å². The molecule has 0 saturated carbocycles. The number of amides is 1. The van der Waals surface area contributed by atoms with Crippen molar-refractivity contribution < 1.29 is 9.53 Å². The van der Waals surface area contributed by atoms with E-state index in [1.165, 1.54) is 5.56 Å². The molecule has 1 aromatic heterocycles. The van der Waals surface area contributed by atoms with Gasteiger partial charge in [0.25, 0.3) is 0 Å². The van der Waals surface area contributed by atoms with Crippen LogP contribution in [-0.2, 0) is 16.0 Å². The molecule has 1 saturated heterocycles. The lowest BCUT2D eigenvalue weighted by Crippen LogP contribution is -2.37. The normalized spacial score (nSPS) is 16.5. The van der Waals surface area contributed by atoms with Crippen LogP contribution in [0.25, 0.3) is 11.0 Å². The van der Waals surface area contributed by atoms with Crippen molar-refractivity contribution in [1.29, 1.82) is 0 Å². The van der Waals surface area contributed by atoms with E-state index in [4.69, 9.17) is 9.72 Å². The molecule has 26 heavy (non-hydrogen) atoms. The number of nitrogens with one attached hydrogen (secondary N) is 2. The summed E-state index contributed by atoms with van der Waals surface area (Å²) in [7, 11) is 0. The molecule has 1 aliphatic heterocycles. The van der Waals surface area contributed by atoms with Crippen molar-refractivity contribution in [2.45, 2.75) is 25.3 Å². The van der Waals surface area contributed by atoms with E-state index in [9.17, 15) is 4.79 Å². The van der Waals surface area contributed by atoms with Crippen molar-refractivity contribution in [2.75, 3.05) is 13.2 Å². The fraction of sp³-hybridized carbons (Fsp3) is 0.333. The van der Waals surface area contributed by atoms with Crippen LogP contribution < -0.4 is 5.32 Å². The fourth-order valence-corrected chi connectivity index (χ4v) is 3.45. The number of ether oxygens (including phenoxy) is 1. The Balaban J connectivity index is 1.59. The quantitative estimate of drug-likeness (QED) is 0.742. The largest absolute Gasteiger partial charge is 0.381 e. The molecule has 1 amide bonds. The van der Waals surface area contributed by atoms with Crippen LogP contribution in [0.15, 0.2) is 54.6 Å². The van der Waals surface area contributed by atoms with Crippen molar-refractivity contribution in [3.05, 3.63) is 66.0 Å². The summed E-state index contributed by atoms with van der Waals surface area (Å²) >= 11 is 0. The number of fused-ring (bicyclic) bond motifs is 1. The van der Waals surface area contributed by atoms with Gasteiger partial charge in [-0.3, -0.25) is 4.79 Å². The number of carbonyl (C=O) groups is 1. The van der Waals surface area contributed by atoms with E-state index in [2.05, 4.69) is 22.4 Å². The molecule has 0 radical (unpaired) electrons. The third kappa shape index (κ3) is 3.78. The van der Waals surface area contributed by atoms with Gasteiger partial charge in [0.1, 0.15) is 5.82 Å². The maximum Gasteiger partial charge on any atom is 0.223 e. The van der Waals surface area contributed by atoms with Gasteiger partial charge in [-0.05, 0) is 37.0 Å². The number of carbonyl (C=O) groups excluding carboxylic acids is 1. The van der Waals surface area contributed by atoms with Gasteiger partial charge in [0, 0.05) is 19.1 Å². The summed E-state index contributed by atoms with van der Waals surface area (Å²) in [6.45, 7) is 1.32. The third-order valence-corrected chi connectivity index (χ3v) is 4.93. The molecule has 2 N–H and O–H groups in total. The lowest BCUT2D eigenvalue weighted by Gasteiger charge is -2.24. The highest BCUT2D eigenvalue weighted by Gasteiger charge is 2.26. The number of aromatic amines is 1. The van der Waals surface area contributed by atoms with Crippen LogP contribution in [0.4, 0.5) is 0 Å². The number of imidazole rings is 1. The molecule has 2 heterocycles. The molecule has 1 aliphatic rings. The van der Waals surface area contributed by atoms with Gasteiger partial charge in [-0.1, -0.05) is 42.5 Å². The first kappa shape index (κ1) is 16.8. The average molecular weight is 349 g/mol. The minimum absolute atomic E-state index is 0.0198. The van der Waals surface area contributed by atoms with Crippen LogP contribution in [0.5, 0.6) is 0 Å². The average Bonchev–Trinajstić information content (AvgIpc) is 3.13. The molecule has 5 heteroatoms. The molecule has 3 aromatic rings. The van der Waals surface area contributed by atoms with Gasteiger partial charge in [-0.25, -0.2) is 4.98 Å². The highest BCUT2D eigenvalue weighted by atomic mass is 16.5. The van der Waals surface area contributed by atoms with Gasteiger partial charge in [0.2, 0.25) is 5.91 Å². The van der Waals surface area contributed by atoms with E-state index in [0.29, 0.717) is 19.6 Å². The van der Waals surface area contributed by atoms with Gasteiger partial charge in [-0.15, -0.1) is 0 Å². The van der Waals surface area contributed by atoms with Crippen LogP contribution in [0.2, 0.25) is 0 Å². The van der Waals surface area contributed by atoms with Gasteiger partial charge in [-0.2, -0.15) is 0 Å². The second-order valence-electron chi connectivity index (χ2n) is 6.78. The van der Waals surface area contributed by atoms with Crippen LogP contribution in [0.3, 0.4) is 0 Å². The number of nitrogens with zero attached hydrogens (tertiary/aromatic N) is 1. The van der Waals surface area contributed by atoms with Crippen molar-refractivity contribution in [3.8, 4) is 0 Å². The molecule has 4 rings (SSSR count). The molecule has 5 nitrogen and oxygen atoms in total. The summed E-state index contributed by atoms with van der Waals surface area (Å²) in [6, 6.07) is 18.0. The summed E-state index contributed by atoms with van der Waals surface area (Å²) in [5.74, 6) is 0.913. The molecule has 134 valence electrons. The number of H-pyrrole nitrogens is 1. The van der Waals surface area contributed by atoms with E-state index in [-0.39, 0.29) is 17.9 Å². The Labute approximate surface area is 152 Å². The van der Waals surface area contributed by atoms with Crippen LogP contribution in [0, 0.1) is 5.92 Å². The zero-order chi connectivity index (χ0) is 17.8. The molecular weight excluding hydrogens is 326 g/mol. The Hall–Kier alpha value is -2.66. The summed E-state index contributed by atoms with van der Waals surface area (Å²) in [5, 5.41) is 3.22. The van der Waals surface area contributed by atoms with E-state index in [1.54, 1.807) is 0 Å². The van der Waals surface area contributed by atoms with Crippen molar-refractivity contribution in [2.24, 2.45) is 5.92 Å². The summed E-state index contributed by atoms with van der Waals surface area (Å²) in [4.78, 5) is 20.9. The second kappa shape index (κ2) is 7.70.